The van der Waals surface area contributed by atoms with Gasteiger partial charge in [-0.25, -0.2) is 0 Å². The molecule has 28 heavy (non-hydrogen) atoms. The minimum absolute atomic E-state index is 0.160. The van der Waals surface area contributed by atoms with E-state index < -0.39 is 0 Å². The van der Waals surface area contributed by atoms with Crippen molar-refractivity contribution in [1.29, 1.82) is 0 Å². The van der Waals surface area contributed by atoms with Gasteiger partial charge < -0.3 is 20.1 Å². The van der Waals surface area contributed by atoms with Crippen molar-refractivity contribution in [3.05, 3.63) is 77.9 Å². The molecule has 140 valence electrons. The van der Waals surface area contributed by atoms with Crippen LogP contribution in [0.2, 0.25) is 0 Å². The van der Waals surface area contributed by atoms with Crippen molar-refractivity contribution in [2.75, 3.05) is 12.1 Å². The molecule has 0 radical (unpaired) electrons. The van der Waals surface area contributed by atoms with Gasteiger partial charge in [-0.1, -0.05) is 0 Å². The molecular weight excluding hydrogens is 360 g/mol. The van der Waals surface area contributed by atoms with Crippen LogP contribution in [-0.4, -0.2) is 28.6 Å². The predicted octanol–water partition coefficient (Wildman–Crippen LogP) is 2.39. The largest absolute Gasteiger partial charge is 0.454 e. The topological polar surface area (TPSA) is 102 Å². The third kappa shape index (κ3) is 3.90. The normalized spacial score (nSPS) is 11.7. The molecule has 0 aliphatic carbocycles. The number of amides is 2. The van der Waals surface area contributed by atoms with E-state index in [1.165, 1.54) is 12.3 Å². The van der Waals surface area contributed by atoms with Gasteiger partial charge in [-0.3, -0.25) is 19.6 Å². The first-order chi connectivity index (χ1) is 13.7. The van der Waals surface area contributed by atoms with Crippen LogP contribution in [0.15, 0.2) is 61.1 Å². The minimum atomic E-state index is -0.366. The fourth-order valence-corrected chi connectivity index (χ4v) is 2.65. The van der Waals surface area contributed by atoms with E-state index in [9.17, 15) is 9.59 Å². The van der Waals surface area contributed by atoms with Crippen molar-refractivity contribution >= 4 is 17.5 Å². The summed E-state index contributed by atoms with van der Waals surface area (Å²) >= 11 is 0. The van der Waals surface area contributed by atoms with Crippen LogP contribution in [0.3, 0.4) is 0 Å². The molecule has 3 aromatic rings. The summed E-state index contributed by atoms with van der Waals surface area (Å²) in [4.78, 5) is 32.8. The lowest BCUT2D eigenvalue weighted by Gasteiger charge is -2.08. The zero-order valence-electron chi connectivity index (χ0n) is 14.7. The highest BCUT2D eigenvalue weighted by molar-refractivity contribution is 6.05. The second-order valence-electron chi connectivity index (χ2n) is 5.99. The lowest BCUT2D eigenvalue weighted by molar-refractivity contribution is 0.0946. The molecule has 0 spiro atoms. The first kappa shape index (κ1) is 17.5. The molecule has 0 unspecified atom stereocenters. The quantitative estimate of drug-likeness (QED) is 0.709. The molecule has 2 aromatic heterocycles. The highest BCUT2D eigenvalue weighted by Crippen LogP contribution is 2.34. The minimum Gasteiger partial charge on any atom is -0.454 e. The molecule has 1 aliphatic rings. The van der Waals surface area contributed by atoms with Crippen LogP contribution in [-0.2, 0) is 6.54 Å². The molecular formula is C20H16N4O4. The van der Waals surface area contributed by atoms with Crippen LogP contribution >= 0.6 is 0 Å². The highest BCUT2D eigenvalue weighted by Gasteiger charge is 2.16. The molecule has 1 aliphatic heterocycles. The monoisotopic (exact) mass is 376 g/mol. The van der Waals surface area contributed by atoms with Crippen LogP contribution in [0.5, 0.6) is 11.5 Å². The molecule has 1 aromatic carbocycles. The molecule has 2 amide bonds. The Morgan fingerprint density at radius 1 is 0.929 bits per heavy atom. The first-order valence-electron chi connectivity index (χ1n) is 8.53. The molecule has 0 saturated carbocycles. The molecule has 0 saturated heterocycles. The summed E-state index contributed by atoms with van der Waals surface area (Å²) in [5, 5.41) is 5.54. The van der Waals surface area contributed by atoms with E-state index in [0.29, 0.717) is 29.3 Å². The maximum atomic E-state index is 12.5. The molecule has 4 rings (SSSR count). The number of aromatic nitrogens is 2. The Morgan fingerprint density at radius 2 is 1.75 bits per heavy atom. The van der Waals surface area contributed by atoms with Gasteiger partial charge in [0.05, 0.1) is 0 Å². The lowest BCUT2D eigenvalue weighted by Crippen LogP contribution is -2.24. The number of fused-ring (bicyclic) bond motifs is 1. The van der Waals surface area contributed by atoms with Crippen molar-refractivity contribution in [3.63, 3.8) is 0 Å². The van der Waals surface area contributed by atoms with Gasteiger partial charge in [-0.05, 0) is 42.0 Å². The third-order valence-electron chi connectivity index (χ3n) is 4.09. The van der Waals surface area contributed by atoms with Gasteiger partial charge in [-0.2, -0.15) is 0 Å². The number of anilines is 1. The van der Waals surface area contributed by atoms with Crippen LogP contribution in [0, 0.1) is 0 Å². The molecule has 8 heteroatoms. The van der Waals surface area contributed by atoms with E-state index in [1.54, 1.807) is 36.7 Å². The van der Waals surface area contributed by atoms with Crippen LogP contribution in [0.25, 0.3) is 0 Å². The van der Waals surface area contributed by atoms with Gasteiger partial charge in [0.15, 0.2) is 11.5 Å². The maximum absolute atomic E-state index is 12.5. The summed E-state index contributed by atoms with van der Waals surface area (Å²) in [6.45, 7) is 0.506. The number of ether oxygens (including phenoxy) is 2. The molecule has 0 fully saturated rings. The van der Waals surface area contributed by atoms with Crippen molar-refractivity contribution in [2.45, 2.75) is 6.54 Å². The average molecular weight is 376 g/mol. The molecule has 2 N–H and O–H groups in total. The smallest absolute Gasteiger partial charge is 0.270 e. The van der Waals surface area contributed by atoms with Gasteiger partial charge in [0.25, 0.3) is 11.8 Å². The Balaban J connectivity index is 1.42. The fraction of sp³-hybridized carbons (Fsp3) is 0.100. The molecule has 3 heterocycles. The number of hydrogen-bond donors (Lipinski definition) is 2. The summed E-state index contributed by atoms with van der Waals surface area (Å²) in [7, 11) is 0. The van der Waals surface area contributed by atoms with Gasteiger partial charge in [0.1, 0.15) is 5.69 Å². The van der Waals surface area contributed by atoms with E-state index in [2.05, 4.69) is 20.6 Å². The van der Waals surface area contributed by atoms with Crippen molar-refractivity contribution < 1.29 is 19.1 Å². The zero-order valence-corrected chi connectivity index (χ0v) is 14.7. The Kier molecular flexibility index (Phi) is 4.83. The Morgan fingerprint density at radius 3 is 2.61 bits per heavy atom. The number of carbonyl (C=O) groups excluding carboxylic acids is 2. The second kappa shape index (κ2) is 7.75. The Bertz CT molecular complexity index is 1020. The average Bonchev–Trinajstić information content (AvgIpc) is 3.21. The maximum Gasteiger partial charge on any atom is 0.270 e. The van der Waals surface area contributed by atoms with Gasteiger partial charge in [0.2, 0.25) is 6.79 Å². The molecule has 0 bridgehead atoms. The van der Waals surface area contributed by atoms with E-state index in [1.807, 2.05) is 12.1 Å². The Hall–Kier alpha value is -3.94. The highest BCUT2D eigenvalue weighted by atomic mass is 16.7. The summed E-state index contributed by atoms with van der Waals surface area (Å²) in [5.41, 5.74) is 1.96. The number of hydrogen-bond acceptors (Lipinski definition) is 6. The van der Waals surface area contributed by atoms with Crippen molar-refractivity contribution in [2.24, 2.45) is 0 Å². The lowest BCUT2D eigenvalue weighted by atomic mass is 10.2. The number of pyridine rings is 2. The number of carbonyl (C=O) groups is 2. The standard InChI is InChI=1S/C20H16N4O4/c25-19(24-15-1-2-17-18(10-15)28-12-27-17)14-5-8-22-16(9-14)20(26)23-11-13-3-6-21-7-4-13/h1-10H,11-12H2,(H,23,26)(H,24,25). The number of nitrogens with zero attached hydrogens (tertiary/aromatic N) is 2. The van der Waals surface area contributed by atoms with E-state index in [4.69, 9.17) is 9.47 Å². The van der Waals surface area contributed by atoms with Gasteiger partial charge in [0, 0.05) is 42.5 Å². The van der Waals surface area contributed by atoms with Gasteiger partial charge in [-0.15, -0.1) is 0 Å². The third-order valence-corrected chi connectivity index (χ3v) is 4.09. The van der Waals surface area contributed by atoms with E-state index in [0.717, 1.165) is 5.56 Å². The number of rotatable bonds is 5. The van der Waals surface area contributed by atoms with Gasteiger partial charge >= 0.3 is 0 Å². The summed E-state index contributed by atoms with van der Waals surface area (Å²) < 4.78 is 10.5. The SMILES string of the molecule is O=C(Nc1ccc2c(c1)OCO2)c1ccnc(C(=O)NCc2ccncc2)c1. The zero-order chi connectivity index (χ0) is 19.3. The summed E-state index contributed by atoms with van der Waals surface area (Å²) in [5.74, 6) is 0.484. The number of benzene rings is 1. The summed E-state index contributed by atoms with van der Waals surface area (Å²) in [6, 6.07) is 11.7. The number of nitrogens with one attached hydrogen (secondary N) is 2. The fourth-order valence-electron chi connectivity index (χ4n) is 2.65. The first-order valence-corrected chi connectivity index (χ1v) is 8.53. The Labute approximate surface area is 160 Å². The van der Waals surface area contributed by atoms with Crippen LogP contribution in [0.1, 0.15) is 26.4 Å². The molecule has 0 atom stereocenters. The van der Waals surface area contributed by atoms with Crippen molar-refractivity contribution in [3.8, 4) is 11.5 Å². The van der Waals surface area contributed by atoms with E-state index in [-0.39, 0.29) is 24.3 Å². The second-order valence-corrected chi connectivity index (χ2v) is 5.99. The summed E-state index contributed by atoms with van der Waals surface area (Å²) in [6.07, 6.45) is 4.73. The van der Waals surface area contributed by atoms with Crippen LogP contribution in [0.4, 0.5) is 5.69 Å². The van der Waals surface area contributed by atoms with Crippen molar-refractivity contribution in [1.82, 2.24) is 15.3 Å². The van der Waals surface area contributed by atoms with E-state index >= 15 is 0 Å². The van der Waals surface area contributed by atoms with Crippen LogP contribution < -0.4 is 20.1 Å². The predicted molar refractivity (Wildman–Crippen MR) is 100 cm³/mol. The molecule has 8 nitrogen and oxygen atoms in total.